The van der Waals surface area contributed by atoms with Crippen molar-refractivity contribution in [2.24, 2.45) is 5.92 Å². The predicted molar refractivity (Wildman–Crippen MR) is 102 cm³/mol. The molecule has 3 unspecified atom stereocenters. The van der Waals surface area contributed by atoms with Crippen molar-refractivity contribution in [3.05, 3.63) is 35.4 Å². The maximum absolute atomic E-state index is 13.2. The van der Waals surface area contributed by atoms with Gasteiger partial charge in [-0.25, -0.2) is 5.43 Å². The minimum absolute atomic E-state index is 0.000404. The van der Waals surface area contributed by atoms with E-state index in [9.17, 15) is 4.79 Å². The summed E-state index contributed by atoms with van der Waals surface area (Å²) in [6.07, 6.45) is 4.01. The van der Waals surface area contributed by atoms with Crippen LogP contribution in [0.25, 0.3) is 0 Å². The van der Waals surface area contributed by atoms with Crippen molar-refractivity contribution >= 4 is 5.91 Å². The lowest BCUT2D eigenvalue weighted by Crippen LogP contribution is -2.48. The molecule has 4 aliphatic rings. The van der Waals surface area contributed by atoms with Gasteiger partial charge in [-0.15, -0.1) is 10.2 Å². The van der Waals surface area contributed by atoms with E-state index in [4.69, 9.17) is 9.47 Å². The largest absolute Gasteiger partial charge is 0.454 e. The summed E-state index contributed by atoms with van der Waals surface area (Å²) >= 11 is 0. The third kappa shape index (κ3) is 2.79. The number of rotatable bonds is 2. The SMILES string of the molecule is O=C(c1nnc2n1CCCC2)N1CCC2NNC(c3ccc4c(c3)OCO4)C2C1. The molecule has 152 valence electrons. The molecule has 1 aromatic carbocycles. The van der Waals surface area contributed by atoms with Gasteiger partial charge < -0.3 is 18.9 Å². The second-order valence-electron chi connectivity index (χ2n) is 8.24. The molecule has 1 amide bonds. The molecule has 0 spiro atoms. The van der Waals surface area contributed by atoms with Crippen molar-refractivity contribution in [1.29, 1.82) is 0 Å². The lowest BCUT2D eigenvalue weighted by molar-refractivity contribution is 0.0633. The van der Waals surface area contributed by atoms with E-state index in [1.807, 2.05) is 21.6 Å². The number of benzene rings is 1. The molecule has 2 aromatic rings. The van der Waals surface area contributed by atoms with Crippen molar-refractivity contribution in [1.82, 2.24) is 30.5 Å². The molecule has 0 bridgehead atoms. The third-order valence-electron chi connectivity index (χ3n) is 6.60. The van der Waals surface area contributed by atoms with Crippen molar-refractivity contribution in [2.45, 2.75) is 44.3 Å². The first-order valence-electron chi connectivity index (χ1n) is 10.4. The van der Waals surface area contributed by atoms with E-state index in [2.05, 4.69) is 27.1 Å². The van der Waals surface area contributed by atoms with Crippen LogP contribution in [0.15, 0.2) is 18.2 Å². The molecule has 2 fully saturated rings. The van der Waals surface area contributed by atoms with Crippen LogP contribution in [0.4, 0.5) is 0 Å². The Kier molecular flexibility index (Phi) is 3.98. The molecule has 4 aliphatic heterocycles. The van der Waals surface area contributed by atoms with Crippen LogP contribution in [0.2, 0.25) is 0 Å². The fourth-order valence-corrected chi connectivity index (χ4v) is 5.03. The molecule has 0 aliphatic carbocycles. The lowest BCUT2D eigenvalue weighted by Gasteiger charge is -2.36. The van der Waals surface area contributed by atoms with Crippen LogP contribution in [0, 0.1) is 5.92 Å². The van der Waals surface area contributed by atoms with Crippen LogP contribution >= 0.6 is 0 Å². The number of hydrogen-bond acceptors (Lipinski definition) is 7. The highest BCUT2D eigenvalue weighted by molar-refractivity contribution is 5.91. The van der Waals surface area contributed by atoms with Gasteiger partial charge >= 0.3 is 0 Å². The van der Waals surface area contributed by atoms with Crippen LogP contribution in [0.1, 0.15) is 47.3 Å². The number of aromatic nitrogens is 3. The smallest absolute Gasteiger partial charge is 0.291 e. The predicted octanol–water partition coefficient (Wildman–Crippen LogP) is 1.02. The fourth-order valence-electron chi connectivity index (χ4n) is 5.03. The molecule has 5 heterocycles. The number of ether oxygens (including phenoxy) is 2. The molecule has 2 saturated heterocycles. The first kappa shape index (κ1) is 17.2. The summed E-state index contributed by atoms with van der Waals surface area (Å²) < 4.78 is 13.0. The average molecular weight is 396 g/mol. The number of hydrazine groups is 1. The molecule has 1 aromatic heterocycles. The van der Waals surface area contributed by atoms with E-state index in [1.165, 1.54) is 0 Å². The van der Waals surface area contributed by atoms with E-state index < -0.39 is 0 Å². The maximum atomic E-state index is 13.2. The van der Waals surface area contributed by atoms with Crippen LogP contribution in [0.3, 0.4) is 0 Å². The molecule has 3 atom stereocenters. The Hall–Kier alpha value is -2.65. The number of fused-ring (bicyclic) bond motifs is 3. The van der Waals surface area contributed by atoms with E-state index in [0.29, 0.717) is 18.4 Å². The van der Waals surface area contributed by atoms with Gasteiger partial charge in [-0.1, -0.05) is 6.07 Å². The Morgan fingerprint density at radius 2 is 2.03 bits per heavy atom. The third-order valence-corrected chi connectivity index (χ3v) is 6.60. The number of hydrogen-bond donors (Lipinski definition) is 2. The van der Waals surface area contributed by atoms with Gasteiger partial charge in [0.15, 0.2) is 11.5 Å². The number of amides is 1. The molecule has 9 heteroatoms. The van der Waals surface area contributed by atoms with Crippen LogP contribution in [-0.4, -0.2) is 51.5 Å². The molecule has 6 rings (SSSR count). The summed E-state index contributed by atoms with van der Waals surface area (Å²) in [5, 5.41) is 8.48. The first-order valence-corrected chi connectivity index (χ1v) is 10.4. The van der Waals surface area contributed by atoms with E-state index in [1.54, 1.807) is 0 Å². The molecule has 29 heavy (non-hydrogen) atoms. The number of aryl methyl sites for hydroxylation is 1. The summed E-state index contributed by atoms with van der Waals surface area (Å²) in [5.74, 6) is 3.28. The van der Waals surface area contributed by atoms with E-state index >= 15 is 0 Å². The lowest BCUT2D eigenvalue weighted by atomic mass is 9.85. The Bertz CT molecular complexity index is 960. The highest BCUT2D eigenvalue weighted by Gasteiger charge is 2.42. The molecule has 0 saturated carbocycles. The normalized spacial score (nSPS) is 27.6. The van der Waals surface area contributed by atoms with Crippen LogP contribution < -0.4 is 20.3 Å². The van der Waals surface area contributed by atoms with Gasteiger partial charge in [-0.2, -0.15) is 0 Å². The highest BCUT2D eigenvalue weighted by atomic mass is 16.7. The Labute approximate surface area is 168 Å². The summed E-state index contributed by atoms with van der Waals surface area (Å²) in [6.45, 7) is 2.52. The topological polar surface area (TPSA) is 93.5 Å². The van der Waals surface area contributed by atoms with Crippen molar-refractivity contribution in [3.8, 4) is 11.5 Å². The van der Waals surface area contributed by atoms with Gasteiger partial charge in [0, 0.05) is 38.0 Å². The summed E-state index contributed by atoms with van der Waals surface area (Å²) in [7, 11) is 0. The second-order valence-corrected chi connectivity index (χ2v) is 8.24. The standard InChI is InChI=1S/C20H24N6O3/c27-20(19-24-22-17-3-1-2-7-26(17)19)25-8-6-14-13(10-25)18(23-21-14)12-4-5-15-16(9-12)29-11-28-15/h4-5,9,13-14,18,21,23H,1-3,6-8,10-11H2. The number of nitrogens with one attached hydrogen (secondary N) is 2. The van der Waals surface area contributed by atoms with Crippen molar-refractivity contribution in [3.63, 3.8) is 0 Å². The van der Waals surface area contributed by atoms with Crippen molar-refractivity contribution in [2.75, 3.05) is 19.9 Å². The first-order chi connectivity index (χ1) is 14.3. The number of carbonyl (C=O) groups is 1. The zero-order chi connectivity index (χ0) is 19.4. The van der Waals surface area contributed by atoms with Gasteiger partial charge in [-0.3, -0.25) is 10.2 Å². The summed E-state index contributed by atoms with van der Waals surface area (Å²) in [4.78, 5) is 15.2. The number of carbonyl (C=O) groups excluding carboxylic acids is 1. The minimum atomic E-state index is 0.000404. The summed E-state index contributed by atoms with van der Waals surface area (Å²) in [6, 6.07) is 6.52. The van der Waals surface area contributed by atoms with Gasteiger partial charge in [0.25, 0.3) is 5.91 Å². The maximum Gasteiger partial charge on any atom is 0.291 e. The number of piperidine rings is 1. The van der Waals surface area contributed by atoms with Gasteiger partial charge in [0.05, 0.1) is 6.04 Å². The van der Waals surface area contributed by atoms with Crippen molar-refractivity contribution < 1.29 is 14.3 Å². The zero-order valence-electron chi connectivity index (χ0n) is 16.1. The molecule has 2 N–H and O–H groups in total. The quantitative estimate of drug-likeness (QED) is 0.783. The zero-order valence-corrected chi connectivity index (χ0v) is 16.1. The average Bonchev–Trinajstić information content (AvgIpc) is 3.49. The van der Waals surface area contributed by atoms with Crippen LogP contribution in [-0.2, 0) is 13.0 Å². The van der Waals surface area contributed by atoms with Gasteiger partial charge in [0.1, 0.15) is 5.82 Å². The molecular weight excluding hydrogens is 372 g/mol. The van der Waals surface area contributed by atoms with Gasteiger partial charge in [0.2, 0.25) is 12.6 Å². The van der Waals surface area contributed by atoms with E-state index in [0.717, 1.165) is 61.7 Å². The molecule has 0 radical (unpaired) electrons. The van der Waals surface area contributed by atoms with Gasteiger partial charge in [-0.05, 0) is 37.0 Å². The van der Waals surface area contributed by atoms with E-state index in [-0.39, 0.29) is 24.7 Å². The molecule has 9 nitrogen and oxygen atoms in total. The highest BCUT2D eigenvalue weighted by Crippen LogP contribution is 2.39. The summed E-state index contributed by atoms with van der Waals surface area (Å²) in [5.41, 5.74) is 8.00. The number of likely N-dealkylation sites (tertiary alicyclic amines) is 1. The second kappa shape index (κ2) is 6.70. The fraction of sp³-hybridized carbons (Fsp3) is 0.550. The Morgan fingerprint density at radius 3 is 3.00 bits per heavy atom. The minimum Gasteiger partial charge on any atom is -0.454 e. The monoisotopic (exact) mass is 396 g/mol. The number of nitrogens with zero attached hydrogens (tertiary/aromatic N) is 4. The Balaban J connectivity index is 1.23. The molecular formula is C20H24N6O3. The van der Waals surface area contributed by atoms with Crippen LogP contribution in [0.5, 0.6) is 11.5 Å². The Morgan fingerprint density at radius 1 is 1.10 bits per heavy atom.